The summed E-state index contributed by atoms with van der Waals surface area (Å²) in [5.41, 5.74) is 2.96. The van der Waals surface area contributed by atoms with Crippen LogP contribution < -0.4 is 4.72 Å². The maximum absolute atomic E-state index is 12.4. The van der Waals surface area contributed by atoms with Gasteiger partial charge in [-0.05, 0) is 61.7 Å². The number of halogens is 1. The molecule has 0 aliphatic heterocycles. The predicted octanol–water partition coefficient (Wildman–Crippen LogP) is 4.11. The van der Waals surface area contributed by atoms with Gasteiger partial charge in [0.1, 0.15) is 0 Å². The number of hydrogen-bond donors (Lipinski definition) is 1. The highest BCUT2D eigenvalue weighted by atomic mass is 79.9. The van der Waals surface area contributed by atoms with Crippen LogP contribution in [0.3, 0.4) is 0 Å². The smallest absolute Gasteiger partial charge is 0.207 e. The Morgan fingerprint density at radius 1 is 1.05 bits per heavy atom. The first-order chi connectivity index (χ1) is 9.79. The van der Waals surface area contributed by atoms with Crippen LogP contribution >= 0.6 is 15.9 Å². The first kappa shape index (κ1) is 16.2. The van der Waals surface area contributed by atoms with E-state index in [-0.39, 0.29) is 6.04 Å². The summed E-state index contributed by atoms with van der Waals surface area (Å²) in [5, 5.41) is 0. The summed E-state index contributed by atoms with van der Waals surface area (Å²) in [6, 6.07) is 12.5. The average molecular weight is 368 g/mol. The Labute approximate surface area is 134 Å². The van der Waals surface area contributed by atoms with E-state index in [1.54, 1.807) is 12.1 Å². The van der Waals surface area contributed by atoms with Gasteiger partial charge in [0.15, 0.2) is 0 Å². The van der Waals surface area contributed by atoms with Gasteiger partial charge in [-0.2, -0.15) is 0 Å². The molecule has 2 aromatic rings. The summed E-state index contributed by atoms with van der Waals surface area (Å²) in [5.74, 6) is 0. The van der Waals surface area contributed by atoms with Crippen LogP contribution in [0, 0.1) is 13.8 Å². The fourth-order valence-electron chi connectivity index (χ4n) is 2.03. The van der Waals surface area contributed by atoms with Gasteiger partial charge in [0.2, 0.25) is 10.0 Å². The second-order valence-electron chi connectivity index (χ2n) is 5.14. The lowest BCUT2D eigenvalue weighted by molar-refractivity contribution is 0.567. The molecule has 0 unspecified atom stereocenters. The third-order valence-electron chi connectivity index (χ3n) is 3.47. The minimum atomic E-state index is -3.53. The maximum atomic E-state index is 12.4. The Hall–Kier alpha value is -1.17. The van der Waals surface area contributed by atoms with E-state index in [1.807, 2.05) is 51.1 Å². The fourth-order valence-corrected chi connectivity index (χ4v) is 3.76. The normalized spacial score (nSPS) is 13.1. The molecule has 3 nitrogen and oxygen atoms in total. The molecule has 21 heavy (non-hydrogen) atoms. The monoisotopic (exact) mass is 367 g/mol. The van der Waals surface area contributed by atoms with Gasteiger partial charge in [-0.25, -0.2) is 13.1 Å². The number of sulfonamides is 1. The highest BCUT2D eigenvalue weighted by Crippen LogP contribution is 2.21. The molecule has 0 heterocycles. The fraction of sp³-hybridized carbons (Fsp3) is 0.250. The van der Waals surface area contributed by atoms with E-state index in [0.717, 1.165) is 21.2 Å². The molecule has 0 aromatic heterocycles. The van der Waals surface area contributed by atoms with Crippen molar-refractivity contribution in [2.24, 2.45) is 0 Å². The average Bonchev–Trinajstić information content (AvgIpc) is 2.41. The molecule has 2 aromatic carbocycles. The minimum Gasteiger partial charge on any atom is -0.207 e. The van der Waals surface area contributed by atoms with Crippen LogP contribution in [0.4, 0.5) is 0 Å². The SMILES string of the molecule is Cc1ccc(S(=O)(=O)N[C@@H](C)c2cccc(Br)c2)cc1C. The standard InChI is InChI=1S/C16H18BrNO2S/c1-11-7-8-16(9-12(11)2)21(19,20)18-13(3)14-5-4-6-15(17)10-14/h4-10,13,18H,1-3H3/t13-/m0/s1. The molecule has 1 atom stereocenters. The lowest BCUT2D eigenvalue weighted by Gasteiger charge is -2.15. The molecule has 1 N–H and O–H groups in total. The highest BCUT2D eigenvalue weighted by Gasteiger charge is 2.18. The summed E-state index contributed by atoms with van der Waals surface area (Å²) in [6.07, 6.45) is 0. The molecular formula is C16H18BrNO2S. The number of nitrogens with one attached hydrogen (secondary N) is 1. The molecule has 0 amide bonds. The van der Waals surface area contributed by atoms with Crippen molar-refractivity contribution < 1.29 is 8.42 Å². The van der Waals surface area contributed by atoms with E-state index in [0.29, 0.717) is 4.90 Å². The Kier molecular flexibility index (Phi) is 4.86. The summed E-state index contributed by atoms with van der Waals surface area (Å²) in [7, 11) is -3.53. The van der Waals surface area contributed by atoms with Crippen molar-refractivity contribution in [3.63, 3.8) is 0 Å². The first-order valence-electron chi connectivity index (χ1n) is 6.64. The maximum Gasteiger partial charge on any atom is 0.241 e. The second kappa shape index (κ2) is 6.30. The zero-order valence-corrected chi connectivity index (χ0v) is 14.6. The highest BCUT2D eigenvalue weighted by molar-refractivity contribution is 9.10. The zero-order chi connectivity index (χ0) is 15.6. The van der Waals surface area contributed by atoms with Gasteiger partial charge in [-0.15, -0.1) is 0 Å². The van der Waals surface area contributed by atoms with Crippen LogP contribution in [-0.2, 0) is 10.0 Å². The number of benzene rings is 2. The second-order valence-corrected chi connectivity index (χ2v) is 7.77. The molecule has 112 valence electrons. The van der Waals surface area contributed by atoms with Gasteiger partial charge >= 0.3 is 0 Å². The van der Waals surface area contributed by atoms with Crippen molar-refractivity contribution in [2.45, 2.75) is 31.7 Å². The van der Waals surface area contributed by atoms with Crippen LogP contribution in [0.5, 0.6) is 0 Å². The largest absolute Gasteiger partial charge is 0.241 e. The van der Waals surface area contributed by atoms with E-state index in [1.165, 1.54) is 0 Å². The topological polar surface area (TPSA) is 46.2 Å². The van der Waals surface area contributed by atoms with E-state index >= 15 is 0 Å². The predicted molar refractivity (Wildman–Crippen MR) is 88.8 cm³/mol. The number of rotatable bonds is 4. The number of hydrogen-bond acceptors (Lipinski definition) is 2. The van der Waals surface area contributed by atoms with Gasteiger partial charge in [-0.1, -0.05) is 34.1 Å². The Morgan fingerprint density at radius 3 is 2.38 bits per heavy atom. The van der Waals surface area contributed by atoms with Crippen LogP contribution in [0.1, 0.15) is 29.7 Å². The third kappa shape index (κ3) is 3.93. The van der Waals surface area contributed by atoms with E-state index in [4.69, 9.17) is 0 Å². The summed E-state index contributed by atoms with van der Waals surface area (Å²) < 4.78 is 28.5. The molecule has 0 spiro atoms. The molecule has 2 rings (SSSR count). The third-order valence-corrected chi connectivity index (χ3v) is 5.50. The first-order valence-corrected chi connectivity index (χ1v) is 8.92. The van der Waals surface area contributed by atoms with Gasteiger partial charge < -0.3 is 0 Å². The Bertz CT molecular complexity index is 757. The Morgan fingerprint density at radius 2 is 1.76 bits per heavy atom. The van der Waals surface area contributed by atoms with Crippen molar-refractivity contribution >= 4 is 26.0 Å². The molecule has 0 saturated heterocycles. The number of aryl methyl sites for hydroxylation is 2. The molecule has 0 fully saturated rings. The van der Waals surface area contributed by atoms with Crippen LogP contribution in [-0.4, -0.2) is 8.42 Å². The van der Waals surface area contributed by atoms with Crippen molar-refractivity contribution in [1.82, 2.24) is 4.72 Å². The van der Waals surface area contributed by atoms with Crippen molar-refractivity contribution in [3.8, 4) is 0 Å². The molecule has 0 aliphatic carbocycles. The quantitative estimate of drug-likeness (QED) is 0.883. The molecule has 0 bridgehead atoms. The van der Waals surface area contributed by atoms with Gasteiger partial charge in [0.25, 0.3) is 0 Å². The molecule has 5 heteroatoms. The van der Waals surface area contributed by atoms with Crippen molar-refractivity contribution in [2.75, 3.05) is 0 Å². The Balaban J connectivity index is 2.26. The molecule has 0 aliphatic rings. The lowest BCUT2D eigenvalue weighted by atomic mass is 10.1. The minimum absolute atomic E-state index is 0.297. The van der Waals surface area contributed by atoms with Crippen molar-refractivity contribution in [3.05, 3.63) is 63.6 Å². The molecular weight excluding hydrogens is 350 g/mol. The van der Waals surface area contributed by atoms with Gasteiger partial charge in [-0.3, -0.25) is 0 Å². The van der Waals surface area contributed by atoms with Crippen LogP contribution in [0.25, 0.3) is 0 Å². The van der Waals surface area contributed by atoms with Crippen LogP contribution in [0.2, 0.25) is 0 Å². The zero-order valence-electron chi connectivity index (χ0n) is 12.2. The van der Waals surface area contributed by atoms with E-state index in [2.05, 4.69) is 20.7 Å². The molecule has 0 saturated carbocycles. The molecule has 0 radical (unpaired) electrons. The summed E-state index contributed by atoms with van der Waals surface area (Å²) in [6.45, 7) is 5.70. The van der Waals surface area contributed by atoms with Gasteiger partial charge in [0.05, 0.1) is 4.90 Å². The lowest BCUT2D eigenvalue weighted by Crippen LogP contribution is -2.27. The summed E-state index contributed by atoms with van der Waals surface area (Å²) in [4.78, 5) is 0.299. The summed E-state index contributed by atoms with van der Waals surface area (Å²) >= 11 is 3.40. The van der Waals surface area contributed by atoms with Crippen molar-refractivity contribution in [1.29, 1.82) is 0 Å². The van der Waals surface area contributed by atoms with Gasteiger partial charge in [0, 0.05) is 10.5 Å². The van der Waals surface area contributed by atoms with E-state index in [9.17, 15) is 8.42 Å². The van der Waals surface area contributed by atoms with Crippen LogP contribution in [0.15, 0.2) is 51.8 Å². The van der Waals surface area contributed by atoms with E-state index < -0.39 is 10.0 Å².